The Hall–Kier alpha value is -0.370. The second-order valence-corrected chi connectivity index (χ2v) is 2.17. The maximum absolute atomic E-state index is 8.83. The minimum atomic E-state index is -0.458. The molecule has 0 amide bonds. The minimum Gasteiger partial charge on any atom is -0.390 e. The molecule has 0 saturated carbocycles. The van der Waals surface area contributed by atoms with Crippen LogP contribution in [0.15, 0.2) is 0 Å². The highest BCUT2D eigenvalue weighted by Crippen LogP contribution is 2.03. The van der Waals surface area contributed by atoms with Crippen molar-refractivity contribution in [3.8, 4) is 0 Å². The molecule has 2 nitrogen and oxygen atoms in total. The summed E-state index contributed by atoms with van der Waals surface area (Å²) >= 11 is 0. The molecular weight excluding hydrogens is 104 g/mol. The molecule has 50 valence electrons. The topological polar surface area (TPSA) is 37.3 Å². The lowest BCUT2D eigenvalue weighted by Gasteiger charge is -2.11. The summed E-state index contributed by atoms with van der Waals surface area (Å²) < 4.78 is 0. The fourth-order valence-electron chi connectivity index (χ4n) is 0. The Morgan fingerprint density at radius 1 is 1.50 bits per heavy atom. The normalized spacial score (nSPS) is 9.50. The average molecular weight is 118 g/mol. The lowest BCUT2D eigenvalue weighted by molar-refractivity contribution is -0.0979. The van der Waals surface area contributed by atoms with E-state index in [4.69, 9.17) is 9.90 Å². The first kappa shape index (κ1) is 10.6. The van der Waals surface area contributed by atoms with Gasteiger partial charge in [0.15, 0.2) is 0 Å². The second-order valence-electron chi connectivity index (χ2n) is 2.17. The molecule has 0 aliphatic rings. The number of carbonyl (C=O) groups excluding carboxylic acids is 1. The Kier molecular flexibility index (Phi) is 6.32. The van der Waals surface area contributed by atoms with Crippen LogP contribution in [0.1, 0.15) is 27.2 Å². The van der Waals surface area contributed by atoms with Crippen LogP contribution in [0.5, 0.6) is 0 Å². The Morgan fingerprint density at radius 3 is 1.62 bits per heavy atom. The van der Waals surface area contributed by atoms with Gasteiger partial charge in [0.05, 0.1) is 5.60 Å². The predicted octanol–water partition coefficient (Wildman–Crippen LogP) is 0.982. The maximum Gasteiger partial charge on any atom is 0.106 e. The zero-order valence-electron chi connectivity index (χ0n) is 5.77. The summed E-state index contributed by atoms with van der Waals surface area (Å²) in [5.74, 6) is 0. The molecule has 2 heteroatoms. The summed E-state index contributed by atoms with van der Waals surface area (Å²) in [6, 6.07) is 0. The van der Waals surface area contributed by atoms with Gasteiger partial charge in [-0.2, -0.15) is 0 Å². The van der Waals surface area contributed by atoms with Crippen molar-refractivity contribution in [2.45, 2.75) is 32.8 Å². The molecule has 0 fully saturated rings. The standard InChI is InChI=1S/C5H12O.CH2O/c1-4-5(2,3)6;1-2/h6H,4H2,1-3H3;1H2. The molecule has 0 aromatic rings. The van der Waals surface area contributed by atoms with Crippen LogP contribution < -0.4 is 0 Å². The first-order valence-corrected chi connectivity index (χ1v) is 2.57. The third kappa shape index (κ3) is 17.4. The molecule has 0 spiro atoms. The first-order valence-electron chi connectivity index (χ1n) is 2.57. The monoisotopic (exact) mass is 118 g/mol. The Balaban J connectivity index is 0. The summed E-state index contributed by atoms with van der Waals surface area (Å²) in [4.78, 5) is 8.00. The van der Waals surface area contributed by atoms with Gasteiger partial charge in [0.2, 0.25) is 0 Å². The zero-order valence-corrected chi connectivity index (χ0v) is 5.77. The molecule has 1 N–H and O–H groups in total. The Bertz CT molecular complexity index is 45.0. The highest BCUT2D eigenvalue weighted by atomic mass is 16.3. The number of aliphatic hydroxyl groups is 1. The van der Waals surface area contributed by atoms with Crippen molar-refractivity contribution in [1.29, 1.82) is 0 Å². The van der Waals surface area contributed by atoms with Gasteiger partial charge in [-0.15, -0.1) is 0 Å². The summed E-state index contributed by atoms with van der Waals surface area (Å²) in [6.07, 6.45) is 0.826. The molecular formula is C6H14O2. The number of rotatable bonds is 1. The molecule has 0 aromatic carbocycles. The Labute approximate surface area is 50.5 Å². The van der Waals surface area contributed by atoms with Gasteiger partial charge in [0.1, 0.15) is 6.79 Å². The van der Waals surface area contributed by atoms with E-state index >= 15 is 0 Å². The van der Waals surface area contributed by atoms with E-state index in [1.165, 1.54) is 0 Å². The van der Waals surface area contributed by atoms with Crippen molar-refractivity contribution in [2.75, 3.05) is 0 Å². The van der Waals surface area contributed by atoms with Crippen LogP contribution in [0, 0.1) is 0 Å². The van der Waals surface area contributed by atoms with Crippen molar-refractivity contribution in [3.63, 3.8) is 0 Å². The lowest BCUT2D eigenvalue weighted by Crippen LogP contribution is -2.15. The van der Waals surface area contributed by atoms with Crippen molar-refractivity contribution in [2.24, 2.45) is 0 Å². The summed E-state index contributed by atoms with van der Waals surface area (Å²) in [6.45, 7) is 7.56. The van der Waals surface area contributed by atoms with Crippen LogP contribution in [0.25, 0.3) is 0 Å². The lowest BCUT2D eigenvalue weighted by atomic mass is 10.1. The number of carbonyl (C=O) groups is 1. The van der Waals surface area contributed by atoms with Crippen molar-refractivity contribution < 1.29 is 9.90 Å². The van der Waals surface area contributed by atoms with Gasteiger partial charge in [0, 0.05) is 0 Å². The largest absolute Gasteiger partial charge is 0.390 e. The number of hydrogen-bond donors (Lipinski definition) is 1. The quantitative estimate of drug-likeness (QED) is 0.557. The summed E-state index contributed by atoms with van der Waals surface area (Å²) in [5.41, 5.74) is -0.458. The fourth-order valence-corrected chi connectivity index (χ4v) is 0. The van der Waals surface area contributed by atoms with E-state index in [9.17, 15) is 0 Å². The molecule has 0 rings (SSSR count). The number of hydrogen-bond acceptors (Lipinski definition) is 2. The van der Waals surface area contributed by atoms with Crippen molar-refractivity contribution in [1.82, 2.24) is 0 Å². The predicted molar refractivity (Wildman–Crippen MR) is 33.7 cm³/mol. The molecule has 8 heavy (non-hydrogen) atoms. The van der Waals surface area contributed by atoms with Crippen LogP contribution >= 0.6 is 0 Å². The average Bonchev–Trinajstić information content (AvgIpc) is 1.71. The minimum absolute atomic E-state index is 0.458. The van der Waals surface area contributed by atoms with Crippen molar-refractivity contribution in [3.05, 3.63) is 0 Å². The van der Waals surface area contributed by atoms with Gasteiger partial charge >= 0.3 is 0 Å². The third-order valence-electron chi connectivity index (χ3n) is 0.865. The molecule has 0 aliphatic carbocycles. The van der Waals surface area contributed by atoms with Crippen LogP contribution in [-0.4, -0.2) is 17.5 Å². The van der Waals surface area contributed by atoms with Crippen LogP contribution in [0.4, 0.5) is 0 Å². The molecule has 0 atom stereocenters. The van der Waals surface area contributed by atoms with Gasteiger partial charge in [0.25, 0.3) is 0 Å². The molecule has 0 aliphatic heterocycles. The van der Waals surface area contributed by atoms with E-state index in [1.807, 2.05) is 13.7 Å². The van der Waals surface area contributed by atoms with Gasteiger partial charge < -0.3 is 9.90 Å². The van der Waals surface area contributed by atoms with Crippen LogP contribution in [0.3, 0.4) is 0 Å². The first-order chi connectivity index (χ1) is 3.56. The van der Waals surface area contributed by atoms with E-state index in [0.717, 1.165) is 6.42 Å². The summed E-state index contributed by atoms with van der Waals surface area (Å²) in [7, 11) is 0. The SMILES string of the molecule is C=O.CCC(C)(C)O. The maximum atomic E-state index is 8.83. The van der Waals surface area contributed by atoms with Gasteiger partial charge in [-0.3, -0.25) is 0 Å². The van der Waals surface area contributed by atoms with E-state index in [-0.39, 0.29) is 0 Å². The Morgan fingerprint density at radius 2 is 1.62 bits per heavy atom. The molecule has 0 saturated heterocycles. The highest BCUT2D eigenvalue weighted by Gasteiger charge is 2.05. The summed E-state index contributed by atoms with van der Waals surface area (Å²) in [5, 5.41) is 8.83. The smallest absolute Gasteiger partial charge is 0.106 e. The molecule has 0 aromatic heterocycles. The second kappa shape index (κ2) is 4.78. The van der Waals surface area contributed by atoms with Gasteiger partial charge in [-0.25, -0.2) is 0 Å². The van der Waals surface area contributed by atoms with Crippen molar-refractivity contribution >= 4 is 6.79 Å². The van der Waals surface area contributed by atoms with Gasteiger partial charge in [-0.05, 0) is 20.3 Å². The van der Waals surface area contributed by atoms with E-state index in [2.05, 4.69) is 0 Å². The molecule has 0 heterocycles. The van der Waals surface area contributed by atoms with Gasteiger partial charge in [-0.1, -0.05) is 6.92 Å². The molecule has 0 radical (unpaired) electrons. The molecule has 0 unspecified atom stereocenters. The fraction of sp³-hybridized carbons (Fsp3) is 0.833. The van der Waals surface area contributed by atoms with E-state index < -0.39 is 5.60 Å². The van der Waals surface area contributed by atoms with E-state index in [1.54, 1.807) is 13.8 Å². The van der Waals surface area contributed by atoms with Crippen LogP contribution in [-0.2, 0) is 4.79 Å². The zero-order chi connectivity index (χ0) is 7.21. The van der Waals surface area contributed by atoms with E-state index in [0.29, 0.717) is 0 Å². The highest BCUT2D eigenvalue weighted by molar-refractivity contribution is 5.10. The molecule has 0 bridgehead atoms. The third-order valence-corrected chi connectivity index (χ3v) is 0.865. The van der Waals surface area contributed by atoms with Crippen LogP contribution in [0.2, 0.25) is 0 Å².